The average molecular weight is 393 g/mol. The Hall–Kier alpha value is -2.81. The fraction of sp³-hybridized carbons (Fsp3) is 0.222. The Bertz CT molecular complexity index is 1030. The Kier molecular flexibility index (Phi) is 5.50. The van der Waals surface area contributed by atoms with Crippen molar-refractivity contribution >= 4 is 10.0 Å². The molecule has 142 valence electrons. The summed E-state index contributed by atoms with van der Waals surface area (Å²) in [5.74, 6) is -1.45. The van der Waals surface area contributed by atoms with Crippen molar-refractivity contribution in [3.8, 4) is 17.4 Å². The number of rotatable bonds is 7. The van der Waals surface area contributed by atoms with Gasteiger partial charge in [0, 0.05) is 0 Å². The zero-order valence-corrected chi connectivity index (χ0v) is 15.3. The molecule has 0 amide bonds. The third kappa shape index (κ3) is 3.97. The lowest BCUT2D eigenvalue weighted by molar-refractivity contribution is 0.286. The molecule has 1 aromatic heterocycles. The number of nitrogens with zero attached hydrogens (tertiary/aromatic N) is 3. The van der Waals surface area contributed by atoms with Crippen LogP contribution in [-0.4, -0.2) is 29.2 Å². The maximum atomic E-state index is 14.2. The van der Waals surface area contributed by atoms with Gasteiger partial charge < -0.3 is 4.74 Å². The summed E-state index contributed by atoms with van der Waals surface area (Å²) in [5.41, 5.74) is -0.0407. The molecule has 0 aliphatic rings. The van der Waals surface area contributed by atoms with Gasteiger partial charge in [-0.25, -0.2) is 8.78 Å². The minimum atomic E-state index is -4.23. The van der Waals surface area contributed by atoms with E-state index in [4.69, 9.17) is 4.74 Å². The van der Waals surface area contributed by atoms with Gasteiger partial charge in [0.1, 0.15) is 11.6 Å². The topological polar surface area (TPSA) is 74.1 Å². The summed E-state index contributed by atoms with van der Waals surface area (Å²) in [6, 6.07) is 9.70. The molecule has 27 heavy (non-hydrogen) atoms. The Morgan fingerprint density at radius 2 is 1.78 bits per heavy atom. The number of halogens is 2. The van der Waals surface area contributed by atoms with E-state index in [0.29, 0.717) is 10.7 Å². The number of aromatic nitrogens is 3. The third-order valence-corrected chi connectivity index (χ3v) is 5.32. The van der Waals surface area contributed by atoms with E-state index >= 15 is 0 Å². The number of hydrogen-bond donors (Lipinski definition) is 0. The smallest absolute Gasteiger partial charge is 0.337 e. The first kappa shape index (κ1) is 19.0. The molecule has 0 radical (unpaired) electrons. The molecule has 6 nitrogen and oxygen atoms in total. The molecule has 0 saturated carbocycles. The van der Waals surface area contributed by atoms with Crippen LogP contribution < -0.4 is 4.74 Å². The Labute approximate surface area is 155 Å². The Morgan fingerprint density at radius 1 is 1.07 bits per heavy atom. The van der Waals surface area contributed by atoms with Crippen LogP contribution in [-0.2, 0) is 10.0 Å². The fourth-order valence-electron chi connectivity index (χ4n) is 2.33. The second-order valence-electron chi connectivity index (χ2n) is 5.70. The van der Waals surface area contributed by atoms with Crippen molar-refractivity contribution in [2.24, 2.45) is 0 Å². The molecule has 0 saturated heterocycles. The molecule has 9 heteroatoms. The summed E-state index contributed by atoms with van der Waals surface area (Å²) < 4.78 is 59.3. The van der Waals surface area contributed by atoms with Gasteiger partial charge in [-0.05, 0) is 42.8 Å². The van der Waals surface area contributed by atoms with E-state index in [-0.39, 0.29) is 22.3 Å². The van der Waals surface area contributed by atoms with Crippen molar-refractivity contribution in [2.45, 2.75) is 24.7 Å². The second kappa shape index (κ2) is 7.83. The number of unbranched alkanes of at least 4 members (excludes halogenated alkanes) is 1. The first-order valence-corrected chi connectivity index (χ1v) is 9.73. The highest BCUT2D eigenvalue weighted by molar-refractivity contribution is 7.90. The summed E-state index contributed by atoms with van der Waals surface area (Å²) in [5, 5.41) is 3.90. The highest BCUT2D eigenvalue weighted by Crippen LogP contribution is 2.26. The van der Waals surface area contributed by atoms with Crippen molar-refractivity contribution in [2.75, 3.05) is 6.61 Å². The van der Waals surface area contributed by atoms with Crippen LogP contribution in [0.3, 0.4) is 0 Å². The second-order valence-corrected chi connectivity index (χ2v) is 7.47. The molecule has 3 aromatic rings. The van der Waals surface area contributed by atoms with Gasteiger partial charge in [-0.1, -0.05) is 30.6 Å². The molecular weight excluding hydrogens is 376 g/mol. The van der Waals surface area contributed by atoms with Gasteiger partial charge in [0.05, 0.1) is 17.1 Å². The van der Waals surface area contributed by atoms with Crippen molar-refractivity contribution in [3.05, 3.63) is 60.2 Å². The third-order valence-electron chi connectivity index (χ3n) is 3.74. The van der Waals surface area contributed by atoms with Crippen LogP contribution in [0.5, 0.6) is 6.01 Å². The Balaban J connectivity index is 2.12. The van der Waals surface area contributed by atoms with Crippen LogP contribution in [0.1, 0.15) is 19.8 Å². The molecule has 0 fully saturated rings. The van der Waals surface area contributed by atoms with Gasteiger partial charge in [0.25, 0.3) is 10.0 Å². The molecule has 0 aliphatic carbocycles. The van der Waals surface area contributed by atoms with Crippen LogP contribution in [0.15, 0.2) is 53.4 Å². The molecule has 0 spiro atoms. The lowest BCUT2D eigenvalue weighted by Gasteiger charge is -2.07. The predicted molar refractivity (Wildman–Crippen MR) is 94.8 cm³/mol. The van der Waals surface area contributed by atoms with Crippen LogP contribution in [0.25, 0.3) is 11.4 Å². The lowest BCUT2D eigenvalue weighted by Crippen LogP contribution is -2.16. The van der Waals surface area contributed by atoms with E-state index < -0.39 is 21.7 Å². The highest BCUT2D eigenvalue weighted by atomic mass is 32.2. The van der Waals surface area contributed by atoms with Gasteiger partial charge >= 0.3 is 6.01 Å². The standard InChI is InChI=1S/C18H17F2N3O3S/c1-2-3-12-26-18-21-17(15-6-4-5-7-16(15)20)23(22-18)27(24,25)14-10-8-13(19)9-11-14/h4-11H,2-3,12H2,1H3. The summed E-state index contributed by atoms with van der Waals surface area (Å²) in [4.78, 5) is 3.86. The monoisotopic (exact) mass is 393 g/mol. The van der Waals surface area contributed by atoms with Gasteiger partial charge in [0.15, 0.2) is 5.82 Å². The highest BCUT2D eigenvalue weighted by Gasteiger charge is 2.27. The van der Waals surface area contributed by atoms with E-state index in [9.17, 15) is 17.2 Å². The maximum Gasteiger partial charge on any atom is 0.337 e. The molecule has 3 rings (SSSR count). The largest absolute Gasteiger partial charge is 0.462 e. The van der Waals surface area contributed by atoms with Crippen LogP contribution in [0, 0.1) is 11.6 Å². The Morgan fingerprint density at radius 3 is 2.44 bits per heavy atom. The van der Waals surface area contributed by atoms with Crippen molar-refractivity contribution in [1.82, 2.24) is 14.2 Å². The van der Waals surface area contributed by atoms with Gasteiger partial charge in [0.2, 0.25) is 0 Å². The molecule has 2 aromatic carbocycles. The van der Waals surface area contributed by atoms with E-state index in [1.54, 1.807) is 6.07 Å². The quantitative estimate of drug-likeness (QED) is 0.573. The summed E-state index contributed by atoms with van der Waals surface area (Å²) in [6.45, 7) is 2.27. The maximum absolute atomic E-state index is 14.2. The number of ether oxygens (including phenoxy) is 1. The molecule has 0 bridgehead atoms. The van der Waals surface area contributed by atoms with Crippen LogP contribution in [0.2, 0.25) is 0 Å². The number of benzene rings is 2. The van der Waals surface area contributed by atoms with Crippen LogP contribution >= 0.6 is 0 Å². The molecule has 0 unspecified atom stereocenters. The number of hydrogen-bond acceptors (Lipinski definition) is 5. The fourth-order valence-corrected chi connectivity index (χ4v) is 3.55. The average Bonchev–Trinajstić information content (AvgIpc) is 3.07. The van der Waals surface area contributed by atoms with Crippen molar-refractivity contribution in [1.29, 1.82) is 0 Å². The zero-order valence-electron chi connectivity index (χ0n) is 14.5. The predicted octanol–water partition coefficient (Wildman–Crippen LogP) is 3.64. The first-order valence-electron chi connectivity index (χ1n) is 8.29. The zero-order chi connectivity index (χ0) is 19.4. The molecule has 0 aliphatic heterocycles. The van der Waals surface area contributed by atoms with E-state index in [2.05, 4.69) is 10.1 Å². The lowest BCUT2D eigenvalue weighted by atomic mass is 10.2. The van der Waals surface area contributed by atoms with Crippen molar-refractivity contribution in [3.63, 3.8) is 0 Å². The minimum absolute atomic E-state index is 0.0407. The molecule has 0 atom stereocenters. The van der Waals surface area contributed by atoms with Gasteiger partial charge in [-0.3, -0.25) is 0 Å². The molecule has 0 N–H and O–H groups in total. The molecular formula is C18H17F2N3O3S. The van der Waals surface area contributed by atoms with Gasteiger partial charge in [-0.15, -0.1) is 4.09 Å². The molecule has 1 heterocycles. The summed E-state index contributed by atoms with van der Waals surface area (Å²) >= 11 is 0. The normalized spacial score (nSPS) is 11.5. The van der Waals surface area contributed by atoms with E-state index in [0.717, 1.165) is 37.1 Å². The van der Waals surface area contributed by atoms with E-state index in [1.165, 1.54) is 18.2 Å². The van der Waals surface area contributed by atoms with Gasteiger partial charge in [-0.2, -0.15) is 13.4 Å². The van der Waals surface area contributed by atoms with Crippen LogP contribution in [0.4, 0.5) is 8.78 Å². The summed E-state index contributed by atoms with van der Waals surface area (Å²) in [7, 11) is -4.23. The minimum Gasteiger partial charge on any atom is -0.462 e. The van der Waals surface area contributed by atoms with Crippen molar-refractivity contribution < 1.29 is 21.9 Å². The SMILES string of the molecule is CCCCOc1nc(-c2ccccc2F)n(S(=O)(=O)c2ccc(F)cc2)n1. The first-order chi connectivity index (χ1) is 12.9. The van der Waals surface area contributed by atoms with E-state index in [1.807, 2.05) is 6.92 Å². The summed E-state index contributed by atoms with van der Waals surface area (Å²) in [6.07, 6.45) is 1.60.